The number of hydrogen-bond acceptors (Lipinski definition) is 5. The highest BCUT2D eigenvalue weighted by Gasteiger charge is 2.30. The fourth-order valence-corrected chi connectivity index (χ4v) is 3.91. The van der Waals surface area contributed by atoms with Crippen LogP contribution in [0.3, 0.4) is 0 Å². The highest BCUT2D eigenvalue weighted by molar-refractivity contribution is 5.87. The van der Waals surface area contributed by atoms with Gasteiger partial charge in [0.05, 0.1) is 23.7 Å². The first-order chi connectivity index (χ1) is 16.1. The Bertz CT molecular complexity index is 1180. The molecule has 0 unspecified atom stereocenters. The Morgan fingerprint density at radius 3 is 2.47 bits per heavy atom. The number of ether oxygens (including phenoxy) is 1. The Hall–Kier alpha value is -3.75. The summed E-state index contributed by atoms with van der Waals surface area (Å²) < 4.78 is 44.7. The van der Waals surface area contributed by atoms with Crippen LogP contribution in [-0.4, -0.2) is 29.2 Å². The van der Waals surface area contributed by atoms with E-state index in [4.69, 9.17) is 9.84 Å². The van der Waals surface area contributed by atoms with Crippen LogP contribution in [0, 0.1) is 6.92 Å². The molecule has 1 aliphatic heterocycles. The summed E-state index contributed by atoms with van der Waals surface area (Å²) in [5.41, 5.74) is 2.76. The molecule has 1 aromatic heterocycles. The second kappa shape index (κ2) is 9.24. The van der Waals surface area contributed by atoms with E-state index in [0.717, 1.165) is 34.5 Å². The third-order valence-corrected chi connectivity index (χ3v) is 5.77. The second-order valence-electron chi connectivity index (χ2n) is 8.23. The van der Waals surface area contributed by atoms with Crippen molar-refractivity contribution in [3.8, 4) is 5.75 Å². The fraction of sp³-hybridized carbons (Fsp3) is 0.280. The molecule has 0 saturated heterocycles. The van der Waals surface area contributed by atoms with E-state index in [1.807, 2.05) is 18.7 Å². The standard InChI is InChI=1S/C25H24F3N3O3/c1-15-13-29-23(30-16(2)18-5-7-19(8-6-18)24(32)33)21-22(15)34-12-11-31(21)14-17-3-9-20(10-4-17)25(26,27)28/h3-10,13,16H,11-12,14H2,1-2H3,(H,29,30)(H,32,33)/t16-/m0/s1. The van der Waals surface area contributed by atoms with Gasteiger partial charge in [0, 0.05) is 18.3 Å². The maximum Gasteiger partial charge on any atom is 0.416 e. The lowest BCUT2D eigenvalue weighted by atomic mass is 10.1. The summed E-state index contributed by atoms with van der Waals surface area (Å²) in [6.07, 6.45) is -2.66. The van der Waals surface area contributed by atoms with Crippen LogP contribution in [0.1, 0.15) is 45.6 Å². The molecule has 4 rings (SSSR count). The average molecular weight is 471 g/mol. The molecular formula is C25H24F3N3O3. The summed E-state index contributed by atoms with van der Waals surface area (Å²) in [7, 11) is 0. The van der Waals surface area contributed by atoms with Crippen molar-refractivity contribution in [1.29, 1.82) is 0 Å². The molecule has 0 aliphatic carbocycles. The quantitative estimate of drug-likeness (QED) is 0.482. The number of benzene rings is 2. The van der Waals surface area contributed by atoms with Crippen molar-refractivity contribution in [3.05, 3.63) is 82.5 Å². The number of nitrogens with zero attached hydrogens (tertiary/aromatic N) is 2. The predicted octanol–water partition coefficient (Wildman–Crippen LogP) is 5.68. The number of carboxylic acid groups (broad SMARTS) is 1. The summed E-state index contributed by atoms with van der Waals surface area (Å²) in [5.74, 6) is 0.281. The molecule has 1 atom stereocenters. The van der Waals surface area contributed by atoms with Gasteiger partial charge in [0.2, 0.25) is 0 Å². The van der Waals surface area contributed by atoms with Crippen LogP contribution in [0.4, 0.5) is 24.7 Å². The third-order valence-electron chi connectivity index (χ3n) is 5.77. The average Bonchev–Trinajstić information content (AvgIpc) is 2.81. The van der Waals surface area contributed by atoms with Crippen LogP contribution < -0.4 is 15.0 Å². The normalized spacial score (nSPS) is 14.2. The second-order valence-corrected chi connectivity index (χ2v) is 8.23. The van der Waals surface area contributed by atoms with Crippen molar-refractivity contribution < 1.29 is 27.8 Å². The smallest absolute Gasteiger partial charge is 0.416 e. The maximum absolute atomic E-state index is 12.9. The van der Waals surface area contributed by atoms with Crippen LogP contribution in [0.2, 0.25) is 0 Å². The lowest BCUT2D eigenvalue weighted by molar-refractivity contribution is -0.137. The predicted molar refractivity (Wildman–Crippen MR) is 122 cm³/mol. The summed E-state index contributed by atoms with van der Waals surface area (Å²) in [6.45, 7) is 5.23. The number of nitrogens with one attached hydrogen (secondary N) is 1. The molecule has 1 aliphatic rings. The number of pyridine rings is 1. The zero-order valence-corrected chi connectivity index (χ0v) is 18.7. The lowest BCUT2D eigenvalue weighted by Gasteiger charge is -2.34. The van der Waals surface area contributed by atoms with Crippen LogP contribution >= 0.6 is 0 Å². The topological polar surface area (TPSA) is 74.7 Å². The minimum absolute atomic E-state index is 0.183. The summed E-state index contributed by atoms with van der Waals surface area (Å²) in [6, 6.07) is 11.6. The van der Waals surface area contributed by atoms with E-state index >= 15 is 0 Å². The van der Waals surface area contributed by atoms with Crippen molar-refractivity contribution in [1.82, 2.24) is 4.98 Å². The number of aromatic carboxylic acids is 1. The van der Waals surface area contributed by atoms with Gasteiger partial charge in [-0.3, -0.25) is 0 Å². The zero-order chi connectivity index (χ0) is 24.5. The van der Waals surface area contributed by atoms with E-state index in [9.17, 15) is 18.0 Å². The van der Waals surface area contributed by atoms with E-state index in [0.29, 0.717) is 31.3 Å². The molecule has 2 N–H and O–H groups in total. The zero-order valence-electron chi connectivity index (χ0n) is 18.7. The van der Waals surface area contributed by atoms with Crippen LogP contribution in [0.15, 0.2) is 54.7 Å². The highest BCUT2D eigenvalue weighted by Crippen LogP contribution is 2.41. The number of alkyl halides is 3. The maximum atomic E-state index is 12.9. The molecule has 2 aromatic carbocycles. The first kappa shape index (κ1) is 23.4. The summed E-state index contributed by atoms with van der Waals surface area (Å²) >= 11 is 0. The molecule has 6 nitrogen and oxygen atoms in total. The van der Waals surface area contributed by atoms with Gasteiger partial charge in [0.15, 0.2) is 11.6 Å². The number of rotatable bonds is 6. The van der Waals surface area contributed by atoms with Gasteiger partial charge in [-0.05, 0) is 49.2 Å². The Balaban J connectivity index is 1.60. The van der Waals surface area contributed by atoms with Gasteiger partial charge in [-0.2, -0.15) is 13.2 Å². The van der Waals surface area contributed by atoms with Gasteiger partial charge in [0.1, 0.15) is 12.3 Å². The molecule has 9 heteroatoms. The SMILES string of the molecule is Cc1cnc(N[C@@H](C)c2ccc(C(=O)O)cc2)c2c1OCCN2Cc1ccc(C(F)(F)F)cc1. The summed E-state index contributed by atoms with van der Waals surface area (Å²) in [4.78, 5) is 17.7. The fourth-order valence-electron chi connectivity index (χ4n) is 3.91. The molecule has 2 heterocycles. The molecule has 0 saturated carbocycles. The number of hydrogen-bond donors (Lipinski definition) is 2. The third kappa shape index (κ3) is 4.93. The molecule has 0 amide bonds. The molecule has 34 heavy (non-hydrogen) atoms. The van der Waals surface area contributed by atoms with Crippen LogP contribution in [0.5, 0.6) is 5.75 Å². The van der Waals surface area contributed by atoms with E-state index < -0.39 is 17.7 Å². The molecule has 0 fully saturated rings. The van der Waals surface area contributed by atoms with E-state index in [1.165, 1.54) is 12.1 Å². The molecule has 3 aromatic rings. The van der Waals surface area contributed by atoms with E-state index in [2.05, 4.69) is 10.3 Å². The monoisotopic (exact) mass is 471 g/mol. The molecule has 0 spiro atoms. The minimum atomic E-state index is -4.37. The summed E-state index contributed by atoms with van der Waals surface area (Å²) in [5, 5.41) is 12.5. The van der Waals surface area contributed by atoms with E-state index in [1.54, 1.807) is 30.5 Å². The van der Waals surface area contributed by atoms with Crippen molar-refractivity contribution in [2.45, 2.75) is 32.6 Å². The van der Waals surface area contributed by atoms with Crippen molar-refractivity contribution in [2.75, 3.05) is 23.4 Å². The minimum Gasteiger partial charge on any atom is -0.489 e. The largest absolute Gasteiger partial charge is 0.489 e. The number of halogens is 3. The van der Waals surface area contributed by atoms with Gasteiger partial charge in [-0.1, -0.05) is 24.3 Å². The number of aromatic nitrogens is 1. The van der Waals surface area contributed by atoms with Gasteiger partial charge in [-0.15, -0.1) is 0 Å². The molecule has 0 bridgehead atoms. The van der Waals surface area contributed by atoms with Gasteiger partial charge in [-0.25, -0.2) is 9.78 Å². The molecule has 0 radical (unpaired) electrons. The van der Waals surface area contributed by atoms with Crippen molar-refractivity contribution >= 4 is 17.5 Å². The number of carbonyl (C=O) groups is 1. The number of carboxylic acids is 1. The lowest BCUT2D eigenvalue weighted by Crippen LogP contribution is -2.33. The first-order valence-electron chi connectivity index (χ1n) is 10.8. The van der Waals surface area contributed by atoms with E-state index in [-0.39, 0.29) is 11.6 Å². The Labute approximate surface area is 195 Å². The van der Waals surface area contributed by atoms with Crippen LogP contribution in [0.25, 0.3) is 0 Å². The van der Waals surface area contributed by atoms with Gasteiger partial charge in [0.25, 0.3) is 0 Å². The Morgan fingerprint density at radius 2 is 1.85 bits per heavy atom. The number of fused-ring (bicyclic) bond motifs is 1. The number of aryl methyl sites for hydroxylation is 1. The van der Waals surface area contributed by atoms with Gasteiger partial charge < -0.3 is 20.1 Å². The Kier molecular flexibility index (Phi) is 6.37. The number of anilines is 2. The highest BCUT2D eigenvalue weighted by atomic mass is 19.4. The van der Waals surface area contributed by atoms with Crippen molar-refractivity contribution in [2.24, 2.45) is 0 Å². The Morgan fingerprint density at radius 1 is 1.18 bits per heavy atom. The molecule has 178 valence electrons. The van der Waals surface area contributed by atoms with Crippen LogP contribution in [-0.2, 0) is 12.7 Å². The van der Waals surface area contributed by atoms with Crippen molar-refractivity contribution in [3.63, 3.8) is 0 Å². The van der Waals surface area contributed by atoms with Gasteiger partial charge >= 0.3 is 12.1 Å². The molecular weight excluding hydrogens is 447 g/mol. The first-order valence-corrected chi connectivity index (χ1v) is 10.8.